The molecule has 0 radical (unpaired) electrons. The van der Waals surface area contributed by atoms with Crippen LogP contribution >= 0.6 is 0 Å². The summed E-state index contributed by atoms with van der Waals surface area (Å²) in [5.41, 5.74) is 0. The van der Waals surface area contributed by atoms with Crippen molar-refractivity contribution in [1.82, 2.24) is 0 Å². The molecule has 0 saturated heterocycles. The number of allylic oxidation sites excluding steroid dienone is 7. The van der Waals surface area contributed by atoms with Crippen LogP contribution in [0, 0.1) is 0 Å². The molecule has 0 atom stereocenters. The molecular formula is C15H24O. The SMILES string of the molecule is CC/C=C\C/C=C\C/C=C\C/C=C\CCO. The van der Waals surface area contributed by atoms with Gasteiger partial charge in [0.15, 0.2) is 0 Å². The molecule has 1 nitrogen and oxygen atoms in total. The van der Waals surface area contributed by atoms with E-state index in [2.05, 4.69) is 49.5 Å². The van der Waals surface area contributed by atoms with Gasteiger partial charge in [-0.1, -0.05) is 55.5 Å². The van der Waals surface area contributed by atoms with Crippen molar-refractivity contribution in [2.75, 3.05) is 6.61 Å². The molecule has 0 heterocycles. The van der Waals surface area contributed by atoms with Gasteiger partial charge in [0.25, 0.3) is 0 Å². The van der Waals surface area contributed by atoms with Gasteiger partial charge in [-0.2, -0.15) is 0 Å². The zero-order valence-corrected chi connectivity index (χ0v) is 10.3. The van der Waals surface area contributed by atoms with Gasteiger partial charge in [0, 0.05) is 6.61 Å². The Bertz CT molecular complexity index is 234. The highest BCUT2D eigenvalue weighted by Gasteiger charge is 1.75. The highest BCUT2D eigenvalue weighted by Crippen LogP contribution is 1.94. The number of hydrogen-bond donors (Lipinski definition) is 1. The van der Waals surface area contributed by atoms with E-state index in [1.165, 1.54) is 0 Å². The molecule has 0 amide bonds. The average Bonchev–Trinajstić information content (AvgIpc) is 2.31. The summed E-state index contributed by atoms with van der Waals surface area (Å²) in [6, 6.07) is 0. The summed E-state index contributed by atoms with van der Waals surface area (Å²) >= 11 is 0. The molecule has 0 spiro atoms. The van der Waals surface area contributed by atoms with Crippen LogP contribution in [0.2, 0.25) is 0 Å². The minimum atomic E-state index is 0.244. The van der Waals surface area contributed by atoms with Crippen LogP contribution in [-0.4, -0.2) is 11.7 Å². The van der Waals surface area contributed by atoms with Crippen molar-refractivity contribution >= 4 is 0 Å². The summed E-state index contributed by atoms with van der Waals surface area (Å²) < 4.78 is 0. The van der Waals surface area contributed by atoms with Gasteiger partial charge < -0.3 is 5.11 Å². The van der Waals surface area contributed by atoms with Crippen molar-refractivity contribution in [3.05, 3.63) is 48.6 Å². The molecule has 90 valence electrons. The molecule has 0 aromatic carbocycles. The van der Waals surface area contributed by atoms with Crippen molar-refractivity contribution in [3.8, 4) is 0 Å². The molecule has 1 N–H and O–H groups in total. The molecule has 0 bridgehead atoms. The lowest BCUT2D eigenvalue weighted by Gasteiger charge is -1.85. The molecule has 0 unspecified atom stereocenters. The smallest absolute Gasteiger partial charge is 0.0465 e. The van der Waals surface area contributed by atoms with Gasteiger partial charge in [-0.3, -0.25) is 0 Å². The fourth-order valence-electron chi connectivity index (χ4n) is 1.17. The molecule has 0 aliphatic carbocycles. The minimum absolute atomic E-state index is 0.244. The molecule has 0 fully saturated rings. The number of hydrogen-bond acceptors (Lipinski definition) is 1. The van der Waals surface area contributed by atoms with Gasteiger partial charge in [-0.15, -0.1) is 0 Å². The quantitative estimate of drug-likeness (QED) is 0.578. The van der Waals surface area contributed by atoms with Crippen molar-refractivity contribution in [2.45, 2.75) is 39.0 Å². The van der Waals surface area contributed by atoms with Crippen molar-refractivity contribution < 1.29 is 5.11 Å². The first-order valence-corrected chi connectivity index (χ1v) is 6.12. The lowest BCUT2D eigenvalue weighted by atomic mass is 10.2. The largest absolute Gasteiger partial charge is 0.396 e. The van der Waals surface area contributed by atoms with Crippen LogP contribution in [0.25, 0.3) is 0 Å². The van der Waals surface area contributed by atoms with Gasteiger partial charge >= 0.3 is 0 Å². The van der Waals surface area contributed by atoms with E-state index in [-0.39, 0.29) is 6.61 Å². The van der Waals surface area contributed by atoms with E-state index in [9.17, 15) is 0 Å². The topological polar surface area (TPSA) is 20.2 Å². The third kappa shape index (κ3) is 12.9. The summed E-state index contributed by atoms with van der Waals surface area (Å²) in [6.45, 7) is 2.39. The van der Waals surface area contributed by atoms with E-state index < -0.39 is 0 Å². The Morgan fingerprint density at radius 2 is 1.12 bits per heavy atom. The standard InChI is InChI=1S/C15H24O/c1-2-3-4-5-6-7-8-9-10-11-12-13-14-15-16/h3-4,6-7,9-10,12-13,16H,2,5,8,11,14-15H2,1H3/b4-3-,7-6-,10-9-,13-12-. The third-order valence-corrected chi connectivity index (χ3v) is 2.01. The van der Waals surface area contributed by atoms with Crippen LogP contribution < -0.4 is 0 Å². The van der Waals surface area contributed by atoms with E-state index in [4.69, 9.17) is 5.11 Å². The van der Waals surface area contributed by atoms with Crippen LogP contribution in [0.1, 0.15) is 39.0 Å². The Morgan fingerprint density at radius 3 is 1.56 bits per heavy atom. The van der Waals surface area contributed by atoms with Crippen LogP contribution in [0.3, 0.4) is 0 Å². The van der Waals surface area contributed by atoms with E-state index in [1.54, 1.807) is 0 Å². The van der Waals surface area contributed by atoms with Gasteiger partial charge in [0.05, 0.1) is 0 Å². The predicted octanol–water partition coefficient (Wildman–Crippen LogP) is 4.17. The Balaban J connectivity index is 3.36. The molecule has 0 aromatic heterocycles. The summed E-state index contributed by atoms with van der Waals surface area (Å²) in [4.78, 5) is 0. The molecule has 1 heteroatoms. The monoisotopic (exact) mass is 220 g/mol. The van der Waals surface area contributed by atoms with Crippen LogP contribution in [0.15, 0.2) is 48.6 Å². The van der Waals surface area contributed by atoms with E-state index >= 15 is 0 Å². The van der Waals surface area contributed by atoms with E-state index in [0.29, 0.717) is 0 Å². The predicted molar refractivity (Wildman–Crippen MR) is 72.4 cm³/mol. The normalized spacial score (nSPS) is 12.9. The zero-order valence-electron chi connectivity index (χ0n) is 10.3. The number of aliphatic hydroxyl groups is 1. The first-order valence-electron chi connectivity index (χ1n) is 6.12. The summed E-state index contributed by atoms with van der Waals surface area (Å²) in [6.07, 6.45) is 22.1. The van der Waals surface area contributed by atoms with Crippen molar-refractivity contribution in [3.63, 3.8) is 0 Å². The second-order valence-electron chi connectivity index (χ2n) is 3.51. The first kappa shape index (κ1) is 14.9. The highest BCUT2D eigenvalue weighted by atomic mass is 16.2. The number of rotatable bonds is 9. The highest BCUT2D eigenvalue weighted by molar-refractivity contribution is 4.99. The first-order chi connectivity index (χ1) is 7.91. The summed E-state index contributed by atoms with van der Waals surface area (Å²) in [5, 5.41) is 8.54. The van der Waals surface area contributed by atoms with Crippen molar-refractivity contribution in [1.29, 1.82) is 0 Å². The maximum Gasteiger partial charge on any atom is 0.0465 e. The third-order valence-electron chi connectivity index (χ3n) is 2.01. The van der Waals surface area contributed by atoms with Crippen molar-refractivity contribution in [2.24, 2.45) is 0 Å². The fraction of sp³-hybridized carbons (Fsp3) is 0.467. The van der Waals surface area contributed by atoms with Crippen LogP contribution in [0.5, 0.6) is 0 Å². The maximum atomic E-state index is 8.54. The fourth-order valence-corrected chi connectivity index (χ4v) is 1.17. The van der Waals surface area contributed by atoms with Gasteiger partial charge in [0.1, 0.15) is 0 Å². The second-order valence-corrected chi connectivity index (χ2v) is 3.51. The zero-order chi connectivity index (χ0) is 11.9. The summed E-state index contributed by atoms with van der Waals surface area (Å²) in [7, 11) is 0. The van der Waals surface area contributed by atoms with Gasteiger partial charge in [-0.05, 0) is 32.1 Å². The lowest BCUT2D eigenvalue weighted by Crippen LogP contribution is -1.74. The maximum absolute atomic E-state index is 8.54. The molecular weight excluding hydrogens is 196 g/mol. The Kier molecular flexibility index (Phi) is 13.0. The molecule has 0 rings (SSSR count). The second kappa shape index (κ2) is 13.9. The molecule has 0 aliphatic rings. The van der Waals surface area contributed by atoms with Crippen LogP contribution in [-0.2, 0) is 0 Å². The number of aliphatic hydroxyl groups excluding tert-OH is 1. The minimum Gasteiger partial charge on any atom is -0.396 e. The van der Waals surface area contributed by atoms with Gasteiger partial charge in [0.2, 0.25) is 0 Å². The molecule has 0 aliphatic heterocycles. The lowest BCUT2D eigenvalue weighted by molar-refractivity contribution is 0.302. The molecule has 16 heavy (non-hydrogen) atoms. The molecule has 0 saturated carbocycles. The Hall–Kier alpha value is -1.08. The average molecular weight is 220 g/mol. The van der Waals surface area contributed by atoms with E-state index in [1.807, 2.05) is 6.08 Å². The van der Waals surface area contributed by atoms with E-state index in [0.717, 1.165) is 32.1 Å². The Morgan fingerprint density at radius 1 is 0.688 bits per heavy atom. The summed E-state index contributed by atoms with van der Waals surface area (Å²) in [5.74, 6) is 0. The molecule has 0 aromatic rings. The Labute approximate surface area is 99.9 Å². The van der Waals surface area contributed by atoms with Gasteiger partial charge in [-0.25, -0.2) is 0 Å². The van der Waals surface area contributed by atoms with Crippen LogP contribution in [0.4, 0.5) is 0 Å².